The van der Waals surface area contributed by atoms with Crippen molar-refractivity contribution in [3.8, 4) is 5.75 Å². The number of carbonyl (C=O) groups is 1. The maximum atomic E-state index is 13.2. The molecule has 4 aromatic rings. The lowest BCUT2D eigenvalue weighted by Gasteiger charge is -2.13. The van der Waals surface area contributed by atoms with E-state index in [9.17, 15) is 18.8 Å². The van der Waals surface area contributed by atoms with Crippen molar-refractivity contribution >= 4 is 44.7 Å². The molecule has 2 aromatic heterocycles. The third-order valence-corrected chi connectivity index (χ3v) is 6.01. The Morgan fingerprint density at radius 3 is 2.56 bits per heavy atom. The van der Waals surface area contributed by atoms with Gasteiger partial charge >= 0.3 is 5.69 Å². The lowest BCUT2D eigenvalue weighted by molar-refractivity contribution is -0.116. The predicted octanol–water partition coefficient (Wildman–Crippen LogP) is 3.71. The SMILES string of the molecule is COc1ccc(NC(=O)Cn2c(=O)n(Cc3ccc(F)cc3)c(=O)c3sccc32)cc1Cl. The summed E-state index contributed by atoms with van der Waals surface area (Å²) in [6, 6.07) is 11.9. The second kappa shape index (κ2) is 8.97. The lowest BCUT2D eigenvalue weighted by Crippen LogP contribution is -2.41. The van der Waals surface area contributed by atoms with Crippen molar-refractivity contribution < 1.29 is 13.9 Å². The van der Waals surface area contributed by atoms with Crippen molar-refractivity contribution in [2.75, 3.05) is 12.4 Å². The molecule has 1 N–H and O–H groups in total. The molecule has 2 heterocycles. The lowest BCUT2D eigenvalue weighted by atomic mass is 10.2. The molecule has 4 rings (SSSR count). The predicted molar refractivity (Wildman–Crippen MR) is 122 cm³/mol. The number of benzene rings is 2. The number of hydrogen-bond acceptors (Lipinski definition) is 5. The maximum absolute atomic E-state index is 13.2. The van der Waals surface area contributed by atoms with Crippen molar-refractivity contribution in [3.63, 3.8) is 0 Å². The standard InChI is InChI=1S/C22H17ClFN3O4S/c1-31-18-7-6-15(10-16(18)23)25-19(28)12-26-17-8-9-32-20(17)21(29)27(22(26)30)11-13-2-4-14(24)5-3-13/h2-10H,11-12H2,1H3,(H,25,28). The molecular formula is C22H17ClFN3O4S. The summed E-state index contributed by atoms with van der Waals surface area (Å²) in [6.45, 7) is -0.346. The average molecular weight is 474 g/mol. The normalized spacial score (nSPS) is 11.0. The molecule has 164 valence electrons. The quantitative estimate of drug-likeness (QED) is 0.463. The molecule has 2 aromatic carbocycles. The summed E-state index contributed by atoms with van der Waals surface area (Å²) in [4.78, 5) is 38.7. The molecule has 0 bridgehead atoms. The maximum Gasteiger partial charge on any atom is 0.332 e. The van der Waals surface area contributed by atoms with Crippen LogP contribution in [0.3, 0.4) is 0 Å². The van der Waals surface area contributed by atoms with Crippen LogP contribution in [0.4, 0.5) is 10.1 Å². The molecule has 0 spiro atoms. The highest BCUT2D eigenvalue weighted by Crippen LogP contribution is 2.27. The third-order valence-electron chi connectivity index (χ3n) is 4.83. The van der Waals surface area contributed by atoms with Gasteiger partial charge in [0.2, 0.25) is 5.91 Å². The topological polar surface area (TPSA) is 82.3 Å². The molecule has 0 aliphatic carbocycles. The largest absolute Gasteiger partial charge is 0.495 e. The first-order chi connectivity index (χ1) is 15.4. The van der Waals surface area contributed by atoms with Crippen molar-refractivity contribution in [1.82, 2.24) is 9.13 Å². The summed E-state index contributed by atoms with van der Waals surface area (Å²) in [5.74, 6) is -0.413. The fraction of sp³-hybridized carbons (Fsp3) is 0.136. The van der Waals surface area contributed by atoms with Crippen LogP contribution in [-0.2, 0) is 17.9 Å². The fourth-order valence-corrected chi connectivity index (χ4v) is 4.39. The molecule has 0 saturated carbocycles. The fourth-order valence-electron chi connectivity index (χ4n) is 3.29. The van der Waals surface area contributed by atoms with Crippen LogP contribution in [0.2, 0.25) is 5.02 Å². The molecule has 32 heavy (non-hydrogen) atoms. The van der Waals surface area contributed by atoms with Gasteiger partial charge in [0.1, 0.15) is 22.8 Å². The van der Waals surface area contributed by atoms with E-state index in [2.05, 4.69) is 5.32 Å². The Morgan fingerprint density at radius 2 is 1.88 bits per heavy atom. The van der Waals surface area contributed by atoms with E-state index in [4.69, 9.17) is 16.3 Å². The minimum absolute atomic E-state index is 0.0402. The van der Waals surface area contributed by atoms with Crippen LogP contribution >= 0.6 is 22.9 Å². The smallest absolute Gasteiger partial charge is 0.332 e. The highest BCUT2D eigenvalue weighted by atomic mass is 35.5. The van der Waals surface area contributed by atoms with E-state index in [-0.39, 0.29) is 13.1 Å². The van der Waals surface area contributed by atoms with E-state index in [1.807, 2.05) is 0 Å². The van der Waals surface area contributed by atoms with Crippen molar-refractivity contribution in [1.29, 1.82) is 0 Å². The number of nitrogens with zero attached hydrogens (tertiary/aromatic N) is 2. The number of rotatable bonds is 6. The summed E-state index contributed by atoms with van der Waals surface area (Å²) in [7, 11) is 1.48. The van der Waals surface area contributed by atoms with Crippen LogP contribution in [0.25, 0.3) is 10.2 Å². The zero-order chi connectivity index (χ0) is 22.8. The number of aromatic nitrogens is 2. The summed E-state index contributed by atoms with van der Waals surface area (Å²) in [5, 5.41) is 4.71. The van der Waals surface area contributed by atoms with Crippen LogP contribution in [0.1, 0.15) is 5.56 Å². The Balaban J connectivity index is 1.67. The third kappa shape index (κ3) is 4.30. The van der Waals surface area contributed by atoms with Crippen molar-refractivity contribution in [2.45, 2.75) is 13.1 Å². The van der Waals surface area contributed by atoms with E-state index < -0.39 is 23.0 Å². The summed E-state index contributed by atoms with van der Waals surface area (Å²) in [6.07, 6.45) is 0. The van der Waals surface area contributed by atoms with Crippen LogP contribution in [0.5, 0.6) is 5.75 Å². The van der Waals surface area contributed by atoms with Crippen molar-refractivity contribution in [3.05, 3.63) is 91.2 Å². The Kier molecular flexibility index (Phi) is 6.11. The Morgan fingerprint density at radius 1 is 1.12 bits per heavy atom. The van der Waals surface area contributed by atoms with Gasteiger partial charge in [0, 0.05) is 5.69 Å². The van der Waals surface area contributed by atoms with Gasteiger partial charge in [0.15, 0.2) is 0 Å². The molecule has 0 unspecified atom stereocenters. The van der Waals surface area contributed by atoms with E-state index >= 15 is 0 Å². The van der Waals surface area contributed by atoms with Crippen LogP contribution in [-0.4, -0.2) is 22.2 Å². The van der Waals surface area contributed by atoms with E-state index in [1.54, 1.807) is 23.6 Å². The monoisotopic (exact) mass is 473 g/mol. The number of ether oxygens (including phenoxy) is 1. The average Bonchev–Trinajstić information content (AvgIpc) is 3.26. The van der Waals surface area contributed by atoms with E-state index in [0.717, 1.165) is 4.57 Å². The van der Waals surface area contributed by atoms with Gasteiger partial charge in [-0.25, -0.2) is 9.18 Å². The van der Waals surface area contributed by atoms with Gasteiger partial charge in [-0.15, -0.1) is 11.3 Å². The van der Waals surface area contributed by atoms with Crippen LogP contribution < -0.4 is 21.3 Å². The van der Waals surface area contributed by atoms with Gasteiger partial charge < -0.3 is 10.1 Å². The van der Waals surface area contributed by atoms with Gasteiger partial charge in [0.25, 0.3) is 5.56 Å². The zero-order valence-corrected chi connectivity index (χ0v) is 18.4. The second-order valence-corrected chi connectivity index (χ2v) is 8.24. The Hall–Kier alpha value is -3.43. The number of thiophene rings is 1. The molecule has 1 amide bonds. The molecule has 0 aliphatic rings. The van der Waals surface area contributed by atoms with Gasteiger partial charge in [-0.05, 0) is 47.3 Å². The molecule has 10 heteroatoms. The number of anilines is 1. The highest BCUT2D eigenvalue weighted by molar-refractivity contribution is 7.17. The number of amides is 1. The number of methoxy groups -OCH3 is 1. The minimum atomic E-state index is -0.631. The zero-order valence-electron chi connectivity index (χ0n) is 16.8. The molecular weight excluding hydrogens is 457 g/mol. The van der Waals surface area contributed by atoms with Crippen LogP contribution in [0.15, 0.2) is 63.5 Å². The van der Waals surface area contributed by atoms with Crippen LogP contribution in [0, 0.1) is 5.82 Å². The number of halogens is 2. The molecule has 0 saturated heterocycles. The van der Waals surface area contributed by atoms with E-state index in [1.165, 1.54) is 53.3 Å². The summed E-state index contributed by atoms with van der Waals surface area (Å²) in [5.41, 5.74) is 0.319. The molecule has 0 fully saturated rings. The van der Waals surface area contributed by atoms with Crippen molar-refractivity contribution in [2.24, 2.45) is 0 Å². The number of fused-ring (bicyclic) bond motifs is 1. The van der Waals surface area contributed by atoms with E-state index in [0.29, 0.717) is 32.2 Å². The second-order valence-electron chi connectivity index (χ2n) is 6.92. The van der Waals surface area contributed by atoms with Gasteiger partial charge in [-0.2, -0.15) is 0 Å². The number of nitrogens with one attached hydrogen (secondary N) is 1. The summed E-state index contributed by atoms with van der Waals surface area (Å²) < 4.78 is 21.0. The molecule has 7 nitrogen and oxygen atoms in total. The van der Waals surface area contributed by atoms with Gasteiger partial charge in [0.05, 0.1) is 24.2 Å². The highest BCUT2D eigenvalue weighted by Gasteiger charge is 2.17. The number of carbonyl (C=O) groups excluding carboxylic acids is 1. The number of hydrogen-bond donors (Lipinski definition) is 1. The Bertz CT molecular complexity index is 1430. The minimum Gasteiger partial charge on any atom is -0.495 e. The first-order valence-corrected chi connectivity index (χ1v) is 10.7. The molecule has 0 atom stereocenters. The first kappa shape index (κ1) is 21.8. The molecule has 0 radical (unpaired) electrons. The van der Waals surface area contributed by atoms with Gasteiger partial charge in [-0.3, -0.25) is 18.7 Å². The Labute approximate surface area is 190 Å². The molecule has 0 aliphatic heterocycles. The first-order valence-electron chi connectivity index (χ1n) is 9.46. The summed E-state index contributed by atoms with van der Waals surface area (Å²) >= 11 is 7.28. The van der Waals surface area contributed by atoms with Gasteiger partial charge in [-0.1, -0.05) is 23.7 Å².